The van der Waals surface area contributed by atoms with E-state index < -0.39 is 0 Å². The van der Waals surface area contributed by atoms with Crippen LogP contribution in [-0.4, -0.2) is 28.2 Å². The topological polar surface area (TPSA) is 99.9 Å². The number of hydrogen-bond donors (Lipinski definition) is 2. The molecule has 0 aromatic carbocycles. The number of rotatable bonds is 1. The summed E-state index contributed by atoms with van der Waals surface area (Å²) in [6, 6.07) is 0. The zero-order valence-electron chi connectivity index (χ0n) is 9.26. The van der Waals surface area contributed by atoms with Gasteiger partial charge in [0.15, 0.2) is 0 Å². The van der Waals surface area contributed by atoms with Crippen LogP contribution in [0.5, 0.6) is 0 Å². The lowest BCUT2D eigenvalue weighted by Crippen LogP contribution is -2.05. The summed E-state index contributed by atoms with van der Waals surface area (Å²) in [4.78, 5) is 12.4. The lowest BCUT2D eigenvalue weighted by atomic mass is 9.98. The molecule has 1 atom stereocenters. The van der Waals surface area contributed by atoms with Crippen molar-refractivity contribution in [2.75, 3.05) is 24.7 Å². The van der Waals surface area contributed by atoms with Crippen LogP contribution in [0.2, 0.25) is 0 Å². The lowest BCUT2D eigenvalue weighted by Gasteiger charge is -2.11. The zero-order chi connectivity index (χ0) is 11.8. The molecule has 1 aliphatic rings. The smallest absolute Gasteiger partial charge is 0.220 e. The van der Waals surface area contributed by atoms with Gasteiger partial charge >= 0.3 is 0 Å². The number of nitrogen functional groups attached to an aromatic ring is 2. The number of pyridine rings is 1. The first kappa shape index (κ1) is 10.2. The Labute approximate surface area is 98.0 Å². The minimum atomic E-state index is 0.253. The van der Waals surface area contributed by atoms with Crippen molar-refractivity contribution in [2.45, 2.75) is 12.3 Å². The summed E-state index contributed by atoms with van der Waals surface area (Å²) in [5.41, 5.74) is 13.3. The van der Waals surface area contributed by atoms with Gasteiger partial charge in [-0.2, -0.15) is 0 Å². The van der Waals surface area contributed by atoms with Gasteiger partial charge < -0.3 is 16.2 Å². The van der Waals surface area contributed by atoms with Gasteiger partial charge in [0.05, 0.1) is 17.5 Å². The van der Waals surface area contributed by atoms with Crippen molar-refractivity contribution in [3.8, 4) is 0 Å². The van der Waals surface area contributed by atoms with Crippen molar-refractivity contribution in [1.82, 2.24) is 15.0 Å². The van der Waals surface area contributed by atoms with Crippen molar-refractivity contribution in [1.29, 1.82) is 0 Å². The first-order chi connectivity index (χ1) is 8.25. The molecule has 4 N–H and O–H groups in total. The highest BCUT2D eigenvalue weighted by atomic mass is 16.5. The third-order valence-corrected chi connectivity index (χ3v) is 3.07. The maximum absolute atomic E-state index is 5.81. The van der Waals surface area contributed by atoms with Crippen molar-refractivity contribution in [2.24, 2.45) is 0 Å². The van der Waals surface area contributed by atoms with Crippen LogP contribution in [0.3, 0.4) is 0 Å². The molecule has 0 radical (unpaired) electrons. The van der Waals surface area contributed by atoms with E-state index in [1.165, 1.54) is 0 Å². The van der Waals surface area contributed by atoms with E-state index in [1.54, 1.807) is 12.4 Å². The van der Waals surface area contributed by atoms with Gasteiger partial charge in [-0.3, -0.25) is 0 Å². The number of fused-ring (bicyclic) bond motifs is 1. The fourth-order valence-electron chi connectivity index (χ4n) is 2.15. The van der Waals surface area contributed by atoms with Crippen LogP contribution in [0.25, 0.3) is 10.9 Å². The monoisotopic (exact) mass is 231 g/mol. The number of anilines is 2. The Morgan fingerprint density at radius 3 is 2.88 bits per heavy atom. The molecule has 3 heterocycles. The minimum Gasteiger partial charge on any atom is -0.383 e. The van der Waals surface area contributed by atoms with Gasteiger partial charge in [0.1, 0.15) is 5.82 Å². The molecule has 0 spiro atoms. The molecule has 88 valence electrons. The van der Waals surface area contributed by atoms with Crippen LogP contribution >= 0.6 is 0 Å². The Morgan fingerprint density at radius 2 is 2.12 bits per heavy atom. The second-order valence-electron chi connectivity index (χ2n) is 4.15. The molecule has 2 aromatic heterocycles. The lowest BCUT2D eigenvalue weighted by molar-refractivity contribution is 0.194. The van der Waals surface area contributed by atoms with Gasteiger partial charge in [-0.1, -0.05) is 0 Å². The van der Waals surface area contributed by atoms with E-state index in [2.05, 4.69) is 15.0 Å². The Hall–Kier alpha value is -1.95. The van der Waals surface area contributed by atoms with E-state index in [0.717, 1.165) is 29.5 Å². The number of hydrogen-bond acceptors (Lipinski definition) is 6. The highest BCUT2D eigenvalue weighted by Gasteiger charge is 2.22. The van der Waals surface area contributed by atoms with Gasteiger partial charge in [-0.25, -0.2) is 15.0 Å². The highest BCUT2D eigenvalue weighted by molar-refractivity contribution is 5.90. The first-order valence-corrected chi connectivity index (χ1v) is 5.50. The van der Waals surface area contributed by atoms with E-state index in [9.17, 15) is 0 Å². The molecule has 0 saturated carbocycles. The van der Waals surface area contributed by atoms with Gasteiger partial charge in [0.25, 0.3) is 0 Å². The zero-order valence-corrected chi connectivity index (χ0v) is 9.26. The normalized spacial score (nSPS) is 19.9. The minimum absolute atomic E-state index is 0.253. The van der Waals surface area contributed by atoms with E-state index in [1.807, 2.05) is 0 Å². The van der Waals surface area contributed by atoms with Gasteiger partial charge in [0, 0.05) is 30.5 Å². The molecule has 3 rings (SSSR count). The predicted octanol–water partition coefficient (Wildman–Crippen LogP) is 0.693. The second kappa shape index (κ2) is 3.81. The van der Waals surface area contributed by atoms with Crippen LogP contribution in [0.15, 0.2) is 12.4 Å². The van der Waals surface area contributed by atoms with E-state index in [0.29, 0.717) is 18.3 Å². The first-order valence-electron chi connectivity index (χ1n) is 5.50. The molecule has 0 amide bonds. The molecule has 6 heteroatoms. The second-order valence-corrected chi connectivity index (χ2v) is 4.15. The number of nitrogens with zero attached hydrogens (tertiary/aromatic N) is 3. The predicted molar refractivity (Wildman–Crippen MR) is 64.3 cm³/mol. The fraction of sp³-hybridized carbons (Fsp3) is 0.364. The van der Waals surface area contributed by atoms with Crippen LogP contribution in [-0.2, 0) is 4.74 Å². The van der Waals surface area contributed by atoms with Gasteiger partial charge in [-0.15, -0.1) is 0 Å². The standard InChI is InChI=1S/C11H13N5O/c12-10-8-4-15-11(13)16-9(8)7(3-14-10)6-1-2-17-5-6/h3-4,6H,1-2,5H2,(H2,12,14)(H2,13,15,16). The van der Waals surface area contributed by atoms with Crippen molar-refractivity contribution in [3.05, 3.63) is 18.0 Å². The molecule has 0 aliphatic carbocycles. The Morgan fingerprint density at radius 1 is 1.24 bits per heavy atom. The quantitative estimate of drug-likeness (QED) is 0.749. The van der Waals surface area contributed by atoms with Crippen LogP contribution in [0.4, 0.5) is 11.8 Å². The van der Waals surface area contributed by atoms with Crippen LogP contribution in [0, 0.1) is 0 Å². The third kappa shape index (κ3) is 1.66. The summed E-state index contributed by atoms with van der Waals surface area (Å²) in [5.74, 6) is 1.01. The van der Waals surface area contributed by atoms with E-state index >= 15 is 0 Å². The molecular weight excluding hydrogens is 218 g/mol. The molecule has 17 heavy (non-hydrogen) atoms. The van der Waals surface area contributed by atoms with Crippen LogP contribution < -0.4 is 11.5 Å². The summed E-state index contributed by atoms with van der Waals surface area (Å²) in [6.45, 7) is 1.47. The third-order valence-electron chi connectivity index (χ3n) is 3.07. The van der Waals surface area contributed by atoms with E-state index in [4.69, 9.17) is 16.2 Å². The number of aromatic nitrogens is 3. The highest BCUT2D eigenvalue weighted by Crippen LogP contribution is 2.31. The maximum atomic E-state index is 5.81. The largest absolute Gasteiger partial charge is 0.383 e. The molecule has 1 aliphatic heterocycles. The molecule has 6 nitrogen and oxygen atoms in total. The van der Waals surface area contributed by atoms with Crippen molar-refractivity contribution in [3.63, 3.8) is 0 Å². The Balaban J connectivity index is 2.23. The summed E-state index contributed by atoms with van der Waals surface area (Å²) in [5, 5.41) is 0.753. The fourth-order valence-corrected chi connectivity index (χ4v) is 2.15. The molecule has 2 aromatic rings. The summed E-state index contributed by atoms with van der Waals surface area (Å²) < 4.78 is 5.39. The van der Waals surface area contributed by atoms with E-state index in [-0.39, 0.29) is 5.95 Å². The SMILES string of the molecule is Nc1ncc2c(N)ncc(C3CCOC3)c2n1. The van der Waals surface area contributed by atoms with Crippen LogP contribution in [0.1, 0.15) is 17.9 Å². The number of ether oxygens (including phenoxy) is 1. The summed E-state index contributed by atoms with van der Waals surface area (Å²) in [7, 11) is 0. The molecular formula is C11H13N5O. The maximum Gasteiger partial charge on any atom is 0.220 e. The Kier molecular flexibility index (Phi) is 2.29. The average molecular weight is 231 g/mol. The molecule has 1 fully saturated rings. The summed E-state index contributed by atoms with van der Waals surface area (Å²) in [6.07, 6.45) is 4.37. The van der Waals surface area contributed by atoms with Crippen molar-refractivity contribution >= 4 is 22.7 Å². The summed E-state index contributed by atoms with van der Waals surface area (Å²) >= 11 is 0. The molecule has 1 unspecified atom stereocenters. The Bertz CT molecular complexity index is 565. The molecule has 0 bridgehead atoms. The molecule has 1 saturated heterocycles. The average Bonchev–Trinajstić information content (AvgIpc) is 2.83. The number of nitrogens with two attached hydrogens (primary N) is 2. The van der Waals surface area contributed by atoms with Gasteiger partial charge in [0.2, 0.25) is 5.95 Å². The van der Waals surface area contributed by atoms with Gasteiger partial charge in [-0.05, 0) is 6.42 Å². The van der Waals surface area contributed by atoms with Crippen molar-refractivity contribution < 1.29 is 4.74 Å².